The molecule has 2 aromatic carbocycles. The molecule has 0 aliphatic rings. The smallest absolute Gasteiger partial charge is 0.240 e. The van der Waals surface area contributed by atoms with Crippen LogP contribution < -0.4 is 4.72 Å². The quantitative estimate of drug-likeness (QED) is 0.700. The number of nitrogens with one attached hydrogen (secondary N) is 2. The van der Waals surface area contributed by atoms with E-state index in [-0.39, 0.29) is 11.4 Å². The van der Waals surface area contributed by atoms with Gasteiger partial charge in [-0.05, 0) is 67.8 Å². The molecule has 0 fully saturated rings. The van der Waals surface area contributed by atoms with Crippen molar-refractivity contribution in [2.75, 3.05) is 6.54 Å². The van der Waals surface area contributed by atoms with Gasteiger partial charge in [-0.2, -0.15) is 0 Å². The standard InChI is InChI=1S/C18H18ClFN2O2S/c1-11-9-14(20)4-6-18(11)25(23,24)21-8-7-15-12(2)22-17-5-3-13(19)10-16(15)17/h3-6,9-10,21-22H,7-8H2,1-2H3. The van der Waals surface area contributed by atoms with Gasteiger partial charge < -0.3 is 4.98 Å². The van der Waals surface area contributed by atoms with Gasteiger partial charge in [-0.25, -0.2) is 17.5 Å². The molecule has 1 aromatic heterocycles. The summed E-state index contributed by atoms with van der Waals surface area (Å²) in [6, 6.07) is 9.22. The monoisotopic (exact) mass is 380 g/mol. The molecule has 4 nitrogen and oxygen atoms in total. The highest BCUT2D eigenvalue weighted by Crippen LogP contribution is 2.25. The Morgan fingerprint density at radius 3 is 2.64 bits per heavy atom. The molecule has 0 unspecified atom stereocenters. The van der Waals surface area contributed by atoms with E-state index in [1.807, 2.05) is 25.1 Å². The number of aromatic nitrogens is 1. The van der Waals surface area contributed by atoms with E-state index in [1.54, 1.807) is 6.92 Å². The lowest BCUT2D eigenvalue weighted by molar-refractivity contribution is 0.580. The van der Waals surface area contributed by atoms with Crippen molar-refractivity contribution in [2.24, 2.45) is 0 Å². The van der Waals surface area contributed by atoms with Crippen LogP contribution in [0.15, 0.2) is 41.3 Å². The van der Waals surface area contributed by atoms with Crippen LogP contribution in [0.2, 0.25) is 5.02 Å². The number of benzene rings is 2. The van der Waals surface area contributed by atoms with E-state index < -0.39 is 15.8 Å². The third-order valence-corrected chi connectivity index (χ3v) is 6.03. The molecule has 0 spiro atoms. The maximum atomic E-state index is 13.2. The van der Waals surface area contributed by atoms with Crippen molar-refractivity contribution >= 4 is 32.5 Å². The Hall–Kier alpha value is -1.89. The third-order valence-electron chi connectivity index (χ3n) is 4.18. The Kier molecular flexibility index (Phi) is 4.86. The molecule has 25 heavy (non-hydrogen) atoms. The van der Waals surface area contributed by atoms with Gasteiger partial charge in [0.2, 0.25) is 10.0 Å². The van der Waals surface area contributed by atoms with Gasteiger partial charge in [0.15, 0.2) is 0 Å². The highest BCUT2D eigenvalue weighted by molar-refractivity contribution is 7.89. The summed E-state index contributed by atoms with van der Waals surface area (Å²) in [5.74, 6) is -0.456. The summed E-state index contributed by atoms with van der Waals surface area (Å²) in [4.78, 5) is 3.36. The zero-order valence-electron chi connectivity index (χ0n) is 13.9. The van der Waals surface area contributed by atoms with Crippen LogP contribution in [0.4, 0.5) is 4.39 Å². The molecule has 0 aliphatic carbocycles. The summed E-state index contributed by atoms with van der Waals surface area (Å²) in [7, 11) is -3.69. The molecule has 1 heterocycles. The number of halogens is 2. The lowest BCUT2D eigenvalue weighted by atomic mass is 10.1. The molecule has 132 valence electrons. The van der Waals surface area contributed by atoms with Crippen molar-refractivity contribution in [3.05, 3.63) is 64.1 Å². The molecule has 0 bridgehead atoms. The molecule has 7 heteroatoms. The van der Waals surface area contributed by atoms with Crippen LogP contribution in [-0.2, 0) is 16.4 Å². The lowest BCUT2D eigenvalue weighted by Crippen LogP contribution is -2.26. The minimum Gasteiger partial charge on any atom is -0.358 e. The number of H-pyrrole nitrogens is 1. The zero-order valence-corrected chi connectivity index (χ0v) is 15.4. The number of sulfonamides is 1. The average molecular weight is 381 g/mol. The Balaban J connectivity index is 1.79. The number of fused-ring (bicyclic) bond motifs is 1. The Morgan fingerprint density at radius 2 is 1.92 bits per heavy atom. The van der Waals surface area contributed by atoms with Gasteiger partial charge >= 0.3 is 0 Å². The van der Waals surface area contributed by atoms with Gasteiger partial charge in [0.05, 0.1) is 4.90 Å². The summed E-state index contributed by atoms with van der Waals surface area (Å²) in [6.07, 6.45) is 0.519. The van der Waals surface area contributed by atoms with Gasteiger partial charge in [-0.15, -0.1) is 0 Å². The molecule has 3 rings (SSSR count). The highest BCUT2D eigenvalue weighted by Gasteiger charge is 2.17. The molecule has 0 radical (unpaired) electrons. The minimum absolute atomic E-state index is 0.0904. The molecule has 0 saturated heterocycles. The number of aryl methyl sites for hydroxylation is 2. The SMILES string of the molecule is Cc1cc(F)ccc1S(=O)(=O)NCCc1c(C)[nH]c2ccc(Cl)cc12. The maximum Gasteiger partial charge on any atom is 0.240 e. The second-order valence-corrected chi connectivity index (χ2v) is 8.15. The topological polar surface area (TPSA) is 62.0 Å². The van der Waals surface area contributed by atoms with Gasteiger partial charge in [-0.3, -0.25) is 0 Å². The fraction of sp³-hybridized carbons (Fsp3) is 0.222. The van der Waals surface area contributed by atoms with Crippen LogP contribution in [0.25, 0.3) is 10.9 Å². The predicted octanol–water partition coefficient (Wildman–Crippen LogP) is 4.10. The average Bonchev–Trinajstić information content (AvgIpc) is 2.82. The first-order valence-corrected chi connectivity index (χ1v) is 9.66. The van der Waals surface area contributed by atoms with Crippen LogP contribution >= 0.6 is 11.6 Å². The summed E-state index contributed by atoms with van der Waals surface area (Å²) >= 11 is 6.06. The first-order valence-electron chi connectivity index (χ1n) is 7.80. The molecular weight excluding hydrogens is 363 g/mol. The molecule has 3 aromatic rings. The first-order chi connectivity index (χ1) is 11.8. The molecule has 0 amide bonds. The minimum atomic E-state index is -3.69. The zero-order chi connectivity index (χ0) is 18.2. The summed E-state index contributed by atoms with van der Waals surface area (Å²) in [5, 5.41) is 1.62. The lowest BCUT2D eigenvalue weighted by Gasteiger charge is -2.09. The van der Waals surface area contributed by atoms with E-state index in [1.165, 1.54) is 12.1 Å². The highest BCUT2D eigenvalue weighted by atomic mass is 35.5. The third kappa shape index (κ3) is 3.71. The van der Waals surface area contributed by atoms with Crippen molar-refractivity contribution in [3.63, 3.8) is 0 Å². The second kappa shape index (κ2) is 6.78. The maximum absolute atomic E-state index is 13.2. The number of rotatable bonds is 5. The van der Waals surface area contributed by atoms with E-state index >= 15 is 0 Å². The van der Waals surface area contributed by atoms with Crippen LogP contribution in [0, 0.1) is 19.7 Å². The number of hydrogen-bond acceptors (Lipinski definition) is 2. The van der Waals surface area contributed by atoms with Crippen molar-refractivity contribution < 1.29 is 12.8 Å². The van der Waals surface area contributed by atoms with E-state index in [2.05, 4.69) is 9.71 Å². The van der Waals surface area contributed by atoms with E-state index in [0.29, 0.717) is 17.0 Å². The fourth-order valence-electron chi connectivity index (χ4n) is 2.98. The van der Waals surface area contributed by atoms with Gasteiger partial charge in [0.1, 0.15) is 5.82 Å². The molecular formula is C18H18ClFN2O2S. The summed E-state index contributed by atoms with van der Waals surface area (Å²) in [6.45, 7) is 3.75. The van der Waals surface area contributed by atoms with Crippen molar-refractivity contribution in [3.8, 4) is 0 Å². The summed E-state index contributed by atoms with van der Waals surface area (Å²) < 4.78 is 40.6. The summed E-state index contributed by atoms with van der Waals surface area (Å²) in [5.41, 5.74) is 3.35. The van der Waals surface area contributed by atoms with Crippen molar-refractivity contribution in [2.45, 2.75) is 25.2 Å². The normalized spacial score (nSPS) is 12.0. The van der Waals surface area contributed by atoms with Crippen molar-refractivity contribution in [1.29, 1.82) is 0 Å². The van der Waals surface area contributed by atoms with E-state index in [9.17, 15) is 12.8 Å². The second-order valence-electron chi connectivity index (χ2n) is 5.98. The van der Waals surface area contributed by atoms with Gasteiger partial charge in [0.25, 0.3) is 0 Å². The Morgan fingerprint density at radius 1 is 1.16 bits per heavy atom. The fourth-order valence-corrected chi connectivity index (χ4v) is 4.41. The number of aromatic amines is 1. The first kappa shape index (κ1) is 17.9. The van der Waals surface area contributed by atoms with Gasteiger partial charge in [-0.1, -0.05) is 11.6 Å². The van der Waals surface area contributed by atoms with Crippen LogP contribution in [0.3, 0.4) is 0 Å². The van der Waals surface area contributed by atoms with Gasteiger partial charge in [0, 0.05) is 28.2 Å². The van der Waals surface area contributed by atoms with Crippen molar-refractivity contribution in [1.82, 2.24) is 9.71 Å². The number of hydrogen-bond donors (Lipinski definition) is 2. The van der Waals surface area contributed by atoms with E-state index in [0.717, 1.165) is 28.2 Å². The Bertz CT molecular complexity index is 1040. The predicted molar refractivity (Wildman–Crippen MR) is 98.1 cm³/mol. The van der Waals surface area contributed by atoms with Crippen LogP contribution in [0.5, 0.6) is 0 Å². The molecule has 2 N–H and O–H groups in total. The van der Waals surface area contributed by atoms with E-state index in [4.69, 9.17) is 11.6 Å². The molecule has 0 saturated carbocycles. The van der Waals surface area contributed by atoms with Crippen LogP contribution in [-0.4, -0.2) is 19.9 Å². The Labute approximate surface area is 151 Å². The largest absolute Gasteiger partial charge is 0.358 e. The molecule has 0 aliphatic heterocycles. The van der Waals surface area contributed by atoms with Crippen LogP contribution in [0.1, 0.15) is 16.8 Å². The molecule has 0 atom stereocenters.